The lowest BCUT2D eigenvalue weighted by Gasteiger charge is -2.19. The van der Waals surface area contributed by atoms with Gasteiger partial charge < -0.3 is 0 Å². The van der Waals surface area contributed by atoms with Crippen molar-refractivity contribution in [2.24, 2.45) is 0 Å². The predicted octanol–water partition coefficient (Wildman–Crippen LogP) is 2.80. The van der Waals surface area contributed by atoms with E-state index < -0.39 is 9.84 Å². The molecular weight excluding hydrogens is 334 g/mol. The van der Waals surface area contributed by atoms with Crippen LogP contribution in [0.5, 0.6) is 0 Å². The van der Waals surface area contributed by atoms with Crippen LogP contribution in [0.25, 0.3) is 0 Å². The summed E-state index contributed by atoms with van der Waals surface area (Å²) in [5.74, 6) is 0.492. The van der Waals surface area contributed by atoms with Crippen LogP contribution < -0.4 is 0 Å². The third-order valence-corrected chi connectivity index (χ3v) is 6.91. The highest BCUT2D eigenvalue weighted by molar-refractivity contribution is 7.91. The van der Waals surface area contributed by atoms with Gasteiger partial charge in [-0.05, 0) is 45.4 Å². The first-order chi connectivity index (χ1) is 11.8. The lowest BCUT2D eigenvalue weighted by atomic mass is 10.1. The van der Waals surface area contributed by atoms with E-state index in [2.05, 4.69) is 55.2 Å². The van der Waals surface area contributed by atoms with Crippen LogP contribution >= 0.6 is 0 Å². The summed E-state index contributed by atoms with van der Waals surface area (Å²) in [7, 11) is -0.790. The number of hydrogen-bond donors (Lipinski definition) is 0. The minimum absolute atomic E-state index is 0.0147. The predicted molar refractivity (Wildman–Crippen MR) is 100 cm³/mol. The Balaban J connectivity index is 1.76. The van der Waals surface area contributed by atoms with Gasteiger partial charge in [0, 0.05) is 24.3 Å². The van der Waals surface area contributed by atoms with E-state index in [0.29, 0.717) is 6.42 Å². The van der Waals surface area contributed by atoms with Crippen LogP contribution in [-0.4, -0.2) is 41.7 Å². The summed E-state index contributed by atoms with van der Waals surface area (Å²) < 4.78 is 25.5. The number of rotatable bonds is 5. The first-order valence-corrected chi connectivity index (χ1v) is 10.6. The van der Waals surface area contributed by atoms with Crippen molar-refractivity contribution in [1.29, 1.82) is 0 Å². The largest absolute Gasteiger partial charge is 0.298 e. The maximum absolute atomic E-state index is 11.8. The normalized spacial score (nSPS) is 19.6. The van der Waals surface area contributed by atoms with Gasteiger partial charge in [0.25, 0.3) is 0 Å². The molecule has 5 nitrogen and oxygen atoms in total. The molecule has 6 heteroatoms. The average molecular weight is 362 g/mol. The fourth-order valence-electron chi connectivity index (χ4n) is 3.65. The maximum atomic E-state index is 11.8. The fourth-order valence-corrected chi connectivity index (χ4v) is 5.35. The van der Waals surface area contributed by atoms with Crippen molar-refractivity contribution in [1.82, 2.24) is 14.7 Å². The summed E-state index contributed by atoms with van der Waals surface area (Å²) in [5, 5.41) is 4.66. The van der Waals surface area contributed by atoms with E-state index in [-0.39, 0.29) is 17.5 Å². The van der Waals surface area contributed by atoms with E-state index >= 15 is 0 Å². The lowest BCUT2D eigenvalue weighted by molar-refractivity contribution is 0.316. The molecule has 0 bridgehead atoms. The third-order valence-electron chi connectivity index (χ3n) is 5.16. The number of benzene rings is 1. The van der Waals surface area contributed by atoms with E-state index in [4.69, 9.17) is 0 Å². The summed E-state index contributed by atoms with van der Waals surface area (Å²) in [4.78, 5) is 2.29. The summed E-state index contributed by atoms with van der Waals surface area (Å²) >= 11 is 0. The van der Waals surface area contributed by atoms with Crippen molar-refractivity contribution in [2.45, 2.75) is 46.3 Å². The Labute approximate surface area is 150 Å². The zero-order valence-corrected chi connectivity index (χ0v) is 16.3. The first-order valence-electron chi connectivity index (χ1n) is 8.75. The molecule has 1 atom stereocenters. The van der Waals surface area contributed by atoms with Gasteiger partial charge in [-0.25, -0.2) is 8.42 Å². The zero-order valence-electron chi connectivity index (χ0n) is 15.5. The molecule has 0 amide bonds. The van der Waals surface area contributed by atoms with E-state index in [0.717, 1.165) is 24.5 Å². The number of hydrogen-bond acceptors (Lipinski definition) is 4. The van der Waals surface area contributed by atoms with Crippen molar-refractivity contribution >= 4 is 9.84 Å². The fraction of sp³-hybridized carbons (Fsp3) is 0.526. The van der Waals surface area contributed by atoms with Gasteiger partial charge in [-0.3, -0.25) is 9.58 Å². The number of sulfone groups is 1. The van der Waals surface area contributed by atoms with Crippen molar-refractivity contribution in [3.63, 3.8) is 0 Å². The molecule has 1 aliphatic rings. The quantitative estimate of drug-likeness (QED) is 0.822. The second kappa shape index (κ2) is 6.92. The van der Waals surface area contributed by atoms with Crippen LogP contribution in [0.3, 0.4) is 0 Å². The smallest absolute Gasteiger partial charge is 0.152 e. The second-order valence-corrected chi connectivity index (χ2v) is 9.48. The van der Waals surface area contributed by atoms with E-state index in [1.165, 1.54) is 16.7 Å². The van der Waals surface area contributed by atoms with Gasteiger partial charge in [-0.1, -0.05) is 24.3 Å². The molecule has 1 saturated heterocycles. The van der Waals surface area contributed by atoms with Gasteiger partial charge >= 0.3 is 0 Å². The molecule has 0 aliphatic carbocycles. The summed E-state index contributed by atoms with van der Waals surface area (Å²) in [6.45, 7) is 7.91. The Morgan fingerprint density at radius 1 is 1.20 bits per heavy atom. The Morgan fingerprint density at radius 3 is 2.56 bits per heavy atom. The molecule has 2 heterocycles. The monoisotopic (exact) mass is 361 g/mol. The van der Waals surface area contributed by atoms with Gasteiger partial charge in [0.05, 0.1) is 23.2 Å². The molecule has 1 aliphatic heterocycles. The molecule has 136 valence electrons. The molecule has 2 aromatic rings. The molecule has 0 spiro atoms. The SMILES string of the molecule is Cc1ccccc1CN(C)Cc1c(C)nn([C@H]2CCS(=O)(=O)C2)c1C. The van der Waals surface area contributed by atoms with Crippen molar-refractivity contribution < 1.29 is 8.42 Å². The Bertz CT molecular complexity index is 871. The van der Waals surface area contributed by atoms with Gasteiger partial charge in [-0.2, -0.15) is 5.10 Å². The molecule has 1 aromatic carbocycles. The molecule has 0 unspecified atom stereocenters. The van der Waals surface area contributed by atoms with E-state index in [9.17, 15) is 8.42 Å². The van der Waals surface area contributed by atoms with Gasteiger partial charge in [0.15, 0.2) is 9.84 Å². The van der Waals surface area contributed by atoms with E-state index in [1.807, 2.05) is 11.6 Å². The Hall–Kier alpha value is -1.66. The molecule has 0 N–H and O–H groups in total. The Kier molecular flexibility index (Phi) is 5.02. The molecule has 3 rings (SSSR count). The third kappa shape index (κ3) is 3.96. The highest BCUT2D eigenvalue weighted by Gasteiger charge is 2.31. The molecule has 1 aromatic heterocycles. The highest BCUT2D eigenvalue weighted by atomic mass is 32.2. The molecule has 0 saturated carbocycles. The molecule has 0 radical (unpaired) electrons. The highest BCUT2D eigenvalue weighted by Crippen LogP contribution is 2.27. The number of aromatic nitrogens is 2. The summed E-state index contributed by atoms with van der Waals surface area (Å²) in [5.41, 5.74) is 5.93. The molecular formula is C19H27N3O2S. The number of aryl methyl sites for hydroxylation is 2. The van der Waals surface area contributed by atoms with E-state index in [1.54, 1.807) is 0 Å². The average Bonchev–Trinajstić information content (AvgIpc) is 3.03. The first kappa shape index (κ1) is 18.1. The van der Waals surface area contributed by atoms with Crippen molar-refractivity contribution in [3.8, 4) is 0 Å². The zero-order chi connectivity index (χ0) is 18.2. The van der Waals surface area contributed by atoms with Gasteiger partial charge in [0.2, 0.25) is 0 Å². The van der Waals surface area contributed by atoms with Crippen LogP contribution in [0.15, 0.2) is 24.3 Å². The van der Waals surface area contributed by atoms with Crippen LogP contribution in [0.2, 0.25) is 0 Å². The Morgan fingerprint density at radius 2 is 1.92 bits per heavy atom. The van der Waals surface area contributed by atoms with Crippen molar-refractivity contribution in [3.05, 3.63) is 52.3 Å². The minimum Gasteiger partial charge on any atom is -0.298 e. The number of nitrogens with zero attached hydrogens (tertiary/aromatic N) is 3. The molecule has 1 fully saturated rings. The standard InChI is InChI=1S/C19H27N3O2S/c1-14-7-5-6-8-17(14)11-21(4)12-19-15(2)20-22(16(19)3)18-9-10-25(23,24)13-18/h5-8,18H,9-13H2,1-4H3/t18-/m0/s1. The summed E-state index contributed by atoms with van der Waals surface area (Å²) in [6.07, 6.45) is 0.669. The van der Waals surface area contributed by atoms with Gasteiger partial charge in [-0.15, -0.1) is 0 Å². The van der Waals surface area contributed by atoms with Crippen LogP contribution in [0, 0.1) is 20.8 Å². The van der Waals surface area contributed by atoms with Crippen LogP contribution in [0.1, 0.15) is 40.5 Å². The summed E-state index contributed by atoms with van der Waals surface area (Å²) in [6, 6.07) is 8.42. The lowest BCUT2D eigenvalue weighted by Crippen LogP contribution is -2.19. The van der Waals surface area contributed by atoms with Crippen molar-refractivity contribution in [2.75, 3.05) is 18.6 Å². The molecule has 25 heavy (non-hydrogen) atoms. The maximum Gasteiger partial charge on any atom is 0.152 e. The second-order valence-electron chi connectivity index (χ2n) is 7.25. The van der Waals surface area contributed by atoms with Gasteiger partial charge in [0.1, 0.15) is 0 Å². The topological polar surface area (TPSA) is 55.2 Å². The van der Waals surface area contributed by atoms with Crippen LogP contribution in [0.4, 0.5) is 0 Å². The van der Waals surface area contributed by atoms with Crippen LogP contribution in [-0.2, 0) is 22.9 Å². The minimum atomic E-state index is -2.90.